The molecule has 0 aliphatic rings. The predicted molar refractivity (Wildman–Crippen MR) is 117 cm³/mol. The Hall–Kier alpha value is -2.69. The van der Waals surface area contributed by atoms with E-state index in [2.05, 4.69) is 20.6 Å². The third-order valence-electron chi connectivity index (χ3n) is 4.64. The van der Waals surface area contributed by atoms with Gasteiger partial charge in [0.2, 0.25) is 0 Å². The van der Waals surface area contributed by atoms with Gasteiger partial charge in [0.25, 0.3) is 5.91 Å². The first-order valence-corrected chi connectivity index (χ1v) is 10.0. The smallest absolute Gasteiger partial charge is 0.255 e. The minimum absolute atomic E-state index is 0.0646. The Morgan fingerprint density at radius 2 is 2.10 bits per heavy atom. The van der Waals surface area contributed by atoms with Crippen LogP contribution in [0.5, 0.6) is 0 Å². The van der Waals surface area contributed by atoms with Crippen molar-refractivity contribution in [3.63, 3.8) is 0 Å². The maximum Gasteiger partial charge on any atom is 0.255 e. The topological polar surface area (TPSA) is 116 Å². The molecule has 0 saturated carbocycles. The van der Waals surface area contributed by atoms with Crippen LogP contribution in [-0.2, 0) is 0 Å². The standard InChI is InChI=1S/C19H20ClFN6O2S/c1-9(10(2)28)25-19(29)13-8-27(30-21)18-17(13)26-15(7-24-18)16(22)12-5-4-11(20)6-14(12)23-3/h4-10,22-23,28H,1-3H3,(H,25,29)/t9?,10-/m0/s1. The predicted octanol–water partition coefficient (Wildman–Crippen LogP) is 3.42. The third-order valence-corrected chi connectivity index (χ3v) is 5.30. The highest BCUT2D eigenvalue weighted by atomic mass is 35.5. The number of amides is 1. The number of fused-ring (bicyclic) bond motifs is 1. The lowest BCUT2D eigenvalue weighted by Crippen LogP contribution is -2.39. The molecule has 8 nitrogen and oxygen atoms in total. The first-order valence-electron chi connectivity index (χ1n) is 8.99. The van der Waals surface area contributed by atoms with E-state index in [0.29, 0.717) is 16.3 Å². The molecular weight excluding hydrogens is 431 g/mol. The number of nitrogens with zero attached hydrogens (tertiary/aromatic N) is 3. The summed E-state index contributed by atoms with van der Waals surface area (Å²) in [7, 11) is 1.71. The first-order chi connectivity index (χ1) is 14.3. The summed E-state index contributed by atoms with van der Waals surface area (Å²) in [5.41, 5.74) is 1.85. The maximum atomic E-state index is 13.4. The normalized spacial score (nSPS) is 13.1. The Balaban J connectivity index is 2.07. The number of nitrogens with one attached hydrogen (secondary N) is 3. The fourth-order valence-corrected chi connectivity index (χ4v) is 3.30. The highest BCUT2D eigenvalue weighted by Gasteiger charge is 2.22. The van der Waals surface area contributed by atoms with E-state index >= 15 is 0 Å². The Labute approximate surface area is 181 Å². The minimum atomic E-state index is -0.766. The van der Waals surface area contributed by atoms with Crippen LogP contribution >= 0.6 is 23.9 Å². The van der Waals surface area contributed by atoms with Gasteiger partial charge in [-0.1, -0.05) is 11.6 Å². The number of halogens is 2. The number of anilines is 1. The summed E-state index contributed by atoms with van der Waals surface area (Å²) in [5.74, 6) is -0.526. The molecule has 1 aromatic carbocycles. The zero-order chi connectivity index (χ0) is 22.0. The molecular formula is C19H20ClFN6O2S. The number of hydrogen-bond acceptors (Lipinski definition) is 7. The van der Waals surface area contributed by atoms with Crippen LogP contribution in [0.25, 0.3) is 11.2 Å². The number of carbonyl (C=O) groups is 1. The molecule has 2 atom stereocenters. The van der Waals surface area contributed by atoms with Crippen molar-refractivity contribution in [2.45, 2.75) is 26.0 Å². The number of hydrogen-bond donors (Lipinski definition) is 4. The molecule has 30 heavy (non-hydrogen) atoms. The first kappa shape index (κ1) is 22.0. The number of aliphatic hydroxyl groups is 1. The highest BCUT2D eigenvalue weighted by molar-refractivity contribution is 7.92. The maximum absolute atomic E-state index is 13.4. The van der Waals surface area contributed by atoms with Crippen molar-refractivity contribution >= 4 is 52.4 Å². The molecule has 0 aliphatic heterocycles. The van der Waals surface area contributed by atoms with Crippen molar-refractivity contribution in [1.29, 1.82) is 5.41 Å². The van der Waals surface area contributed by atoms with E-state index < -0.39 is 18.1 Å². The van der Waals surface area contributed by atoms with Crippen molar-refractivity contribution in [2.24, 2.45) is 0 Å². The van der Waals surface area contributed by atoms with Crippen molar-refractivity contribution < 1.29 is 13.8 Å². The van der Waals surface area contributed by atoms with Gasteiger partial charge in [0, 0.05) is 29.5 Å². The Kier molecular flexibility index (Phi) is 6.59. The summed E-state index contributed by atoms with van der Waals surface area (Å²) in [4.78, 5) is 21.3. The van der Waals surface area contributed by atoms with E-state index in [-0.39, 0.29) is 40.5 Å². The molecule has 0 aliphatic carbocycles. The van der Waals surface area contributed by atoms with Crippen LogP contribution in [-0.4, -0.2) is 49.9 Å². The van der Waals surface area contributed by atoms with Gasteiger partial charge in [0.05, 0.1) is 29.6 Å². The minimum Gasteiger partial charge on any atom is -0.391 e. The largest absolute Gasteiger partial charge is 0.391 e. The molecule has 2 heterocycles. The summed E-state index contributed by atoms with van der Waals surface area (Å²) < 4.78 is 14.4. The van der Waals surface area contributed by atoms with E-state index in [1.807, 2.05) is 0 Å². The number of benzene rings is 1. The lowest BCUT2D eigenvalue weighted by molar-refractivity contribution is 0.0875. The second-order valence-electron chi connectivity index (χ2n) is 6.68. The molecule has 0 fully saturated rings. The van der Waals surface area contributed by atoms with Crippen LogP contribution in [0, 0.1) is 5.41 Å². The summed E-state index contributed by atoms with van der Waals surface area (Å²) in [5, 5.41) is 24.3. The molecule has 3 aromatic rings. The van der Waals surface area contributed by atoms with E-state index in [9.17, 15) is 13.8 Å². The second kappa shape index (κ2) is 8.99. The van der Waals surface area contributed by atoms with Gasteiger partial charge < -0.3 is 15.7 Å². The second-order valence-corrected chi connectivity index (χ2v) is 7.65. The highest BCUT2D eigenvalue weighted by Crippen LogP contribution is 2.26. The van der Waals surface area contributed by atoms with Crippen LogP contribution in [0.3, 0.4) is 0 Å². The van der Waals surface area contributed by atoms with E-state index in [1.165, 1.54) is 12.4 Å². The number of carbonyl (C=O) groups excluding carboxylic acids is 1. The van der Waals surface area contributed by atoms with Crippen LogP contribution in [0.1, 0.15) is 35.5 Å². The van der Waals surface area contributed by atoms with E-state index in [1.54, 1.807) is 39.1 Å². The fraction of sp³-hybridized carbons (Fsp3) is 0.263. The molecule has 0 saturated heterocycles. The lowest BCUT2D eigenvalue weighted by Gasteiger charge is -2.16. The van der Waals surface area contributed by atoms with E-state index in [4.69, 9.17) is 17.0 Å². The van der Waals surface area contributed by atoms with Crippen molar-refractivity contribution in [2.75, 3.05) is 12.4 Å². The summed E-state index contributed by atoms with van der Waals surface area (Å²) in [6.45, 7) is 3.20. The summed E-state index contributed by atoms with van der Waals surface area (Å²) >= 11 is 5.91. The zero-order valence-electron chi connectivity index (χ0n) is 16.4. The molecule has 4 N–H and O–H groups in total. The van der Waals surface area contributed by atoms with Gasteiger partial charge in [0.15, 0.2) is 18.0 Å². The number of rotatable bonds is 7. The Morgan fingerprint density at radius 1 is 1.37 bits per heavy atom. The fourth-order valence-electron chi connectivity index (χ4n) is 2.79. The van der Waals surface area contributed by atoms with Gasteiger partial charge in [-0.15, -0.1) is 3.89 Å². The number of aromatic nitrogens is 3. The van der Waals surface area contributed by atoms with Crippen molar-refractivity contribution in [3.8, 4) is 0 Å². The quantitative estimate of drug-likeness (QED) is 0.410. The molecule has 158 valence electrons. The SMILES string of the molecule is CNc1cc(Cl)ccc1C(=N)c1cnc2c(n1)c(C(=O)NC(C)[C@H](C)O)cn2SF. The average molecular weight is 451 g/mol. The molecule has 0 spiro atoms. The molecule has 0 bridgehead atoms. The van der Waals surface area contributed by atoms with Gasteiger partial charge in [-0.2, -0.15) is 0 Å². The van der Waals surface area contributed by atoms with Gasteiger partial charge in [-0.3, -0.25) is 10.2 Å². The summed E-state index contributed by atoms with van der Waals surface area (Å²) in [6.07, 6.45) is 1.87. The van der Waals surface area contributed by atoms with Gasteiger partial charge in [-0.05, 0) is 32.0 Å². The molecule has 0 radical (unpaired) electrons. The Morgan fingerprint density at radius 3 is 2.73 bits per heavy atom. The van der Waals surface area contributed by atoms with Gasteiger partial charge in [0.1, 0.15) is 11.2 Å². The molecule has 1 amide bonds. The molecule has 11 heteroatoms. The van der Waals surface area contributed by atoms with Crippen LogP contribution in [0.15, 0.2) is 30.6 Å². The molecule has 3 rings (SSSR count). The van der Waals surface area contributed by atoms with Gasteiger partial charge in [-0.25, -0.2) is 13.9 Å². The molecule has 2 aromatic heterocycles. The third kappa shape index (κ3) is 4.25. The molecule has 1 unspecified atom stereocenters. The monoisotopic (exact) mass is 450 g/mol. The van der Waals surface area contributed by atoms with Crippen molar-refractivity contribution in [3.05, 3.63) is 52.4 Å². The zero-order valence-corrected chi connectivity index (χ0v) is 18.0. The van der Waals surface area contributed by atoms with Crippen LogP contribution in [0.4, 0.5) is 9.57 Å². The number of aliphatic hydroxyl groups excluding tert-OH is 1. The van der Waals surface area contributed by atoms with Crippen molar-refractivity contribution in [1.82, 2.24) is 19.3 Å². The van der Waals surface area contributed by atoms with Crippen LogP contribution in [0.2, 0.25) is 5.02 Å². The van der Waals surface area contributed by atoms with E-state index in [0.717, 1.165) is 3.97 Å². The van der Waals surface area contributed by atoms with Crippen LogP contribution < -0.4 is 10.6 Å². The lowest BCUT2D eigenvalue weighted by atomic mass is 10.1. The summed E-state index contributed by atoms with van der Waals surface area (Å²) in [6, 6.07) is 4.51. The Bertz CT molecular complexity index is 1120. The van der Waals surface area contributed by atoms with Gasteiger partial charge >= 0.3 is 0 Å². The average Bonchev–Trinajstić information content (AvgIpc) is 3.11.